The van der Waals surface area contributed by atoms with Gasteiger partial charge in [0.2, 0.25) is 0 Å². The van der Waals surface area contributed by atoms with E-state index < -0.39 is 36.1 Å². The van der Waals surface area contributed by atoms with Crippen LogP contribution in [-0.2, 0) is 9.53 Å². The smallest absolute Gasteiger partial charge is 0.338 e. The summed E-state index contributed by atoms with van der Waals surface area (Å²) >= 11 is 0. The Hall–Kier alpha value is -4.06. The van der Waals surface area contributed by atoms with E-state index in [4.69, 9.17) is 10.00 Å². The van der Waals surface area contributed by atoms with Crippen LogP contribution < -0.4 is 4.90 Å². The molecule has 0 spiro atoms. The summed E-state index contributed by atoms with van der Waals surface area (Å²) in [7, 11) is 1.48. The number of carbonyl (C=O) groups is 4. The summed E-state index contributed by atoms with van der Waals surface area (Å²) < 4.78 is 18.1. The van der Waals surface area contributed by atoms with Crippen LogP contribution in [0.3, 0.4) is 0 Å². The zero-order chi connectivity index (χ0) is 21.8. The fourth-order valence-corrected chi connectivity index (χ4v) is 2.86. The Morgan fingerprint density at radius 2 is 1.77 bits per heavy atom. The van der Waals surface area contributed by atoms with E-state index in [0.29, 0.717) is 0 Å². The first-order valence-electron chi connectivity index (χ1n) is 8.90. The van der Waals surface area contributed by atoms with Crippen LogP contribution in [0.2, 0.25) is 0 Å². The predicted molar refractivity (Wildman–Crippen MR) is 102 cm³/mol. The lowest BCUT2D eigenvalue weighted by molar-refractivity contribution is -0.133. The molecule has 0 aliphatic carbocycles. The minimum absolute atomic E-state index is 0.00309. The van der Waals surface area contributed by atoms with E-state index in [0.717, 1.165) is 17.0 Å². The summed E-state index contributed by atoms with van der Waals surface area (Å²) in [6.45, 7) is -0.312. The molecule has 2 aromatic carbocycles. The number of imide groups is 1. The molecule has 1 aliphatic rings. The maximum atomic E-state index is 13.1. The van der Waals surface area contributed by atoms with Crippen molar-refractivity contribution in [3.63, 3.8) is 0 Å². The SMILES string of the molecule is CN(CCC#N)C(=O)COC(=O)c1ccc2c(c1)C(=O)N(c1ccc(F)cc1)C2=O. The maximum Gasteiger partial charge on any atom is 0.338 e. The molecule has 0 unspecified atom stereocenters. The van der Waals surface area contributed by atoms with Crippen molar-refractivity contribution in [2.75, 3.05) is 25.1 Å². The van der Waals surface area contributed by atoms with Gasteiger partial charge < -0.3 is 9.64 Å². The molecule has 0 aromatic heterocycles. The number of ether oxygens (including phenoxy) is 1. The highest BCUT2D eigenvalue weighted by atomic mass is 19.1. The van der Waals surface area contributed by atoms with Crippen LogP contribution in [0.4, 0.5) is 10.1 Å². The van der Waals surface area contributed by atoms with E-state index >= 15 is 0 Å². The van der Waals surface area contributed by atoms with Gasteiger partial charge in [0, 0.05) is 13.6 Å². The number of hydrogen-bond acceptors (Lipinski definition) is 6. The number of nitrogens with zero attached hydrogens (tertiary/aromatic N) is 3. The molecule has 1 heterocycles. The van der Waals surface area contributed by atoms with Gasteiger partial charge in [-0.3, -0.25) is 14.4 Å². The minimum atomic E-state index is -0.833. The second-order valence-electron chi connectivity index (χ2n) is 6.48. The first-order chi connectivity index (χ1) is 14.3. The Labute approximate surface area is 171 Å². The number of fused-ring (bicyclic) bond motifs is 1. The van der Waals surface area contributed by atoms with E-state index in [1.165, 1.54) is 42.3 Å². The largest absolute Gasteiger partial charge is 0.452 e. The van der Waals surface area contributed by atoms with Crippen molar-refractivity contribution >= 4 is 29.4 Å². The van der Waals surface area contributed by atoms with E-state index in [-0.39, 0.29) is 35.3 Å². The third-order valence-corrected chi connectivity index (χ3v) is 4.52. The number of hydrogen-bond donors (Lipinski definition) is 0. The number of halogens is 1. The number of esters is 1. The highest BCUT2D eigenvalue weighted by Crippen LogP contribution is 2.29. The molecule has 8 nitrogen and oxygen atoms in total. The molecule has 0 bridgehead atoms. The quantitative estimate of drug-likeness (QED) is 0.534. The van der Waals surface area contributed by atoms with Gasteiger partial charge in [0.1, 0.15) is 5.82 Å². The van der Waals surface area contributed by atoms with Gasteiger partial charge in [0.15, 0.2) is 6.61 Å². The predicted octanol–water partition coefficient (Wildman–Crippen LogP) is 2.16. The lowest BCUT2D eigenvalue weighted by atomic mass is 10.1. The lowest BCUT2D eigenvalue weighted by Crippen LogP contribution is -2.32. The topological polar surface area (TPSA) is 108 Å². The Morgan fingerprint density at radius 1 is 1.10 bits per heavy atom. The second kappa shape index (κ2) is 8.53. The minimum Gasteiger partial charge on any atom is -0.452 e. The fourth-order valence-electron chi connectivity index (χ4n) is 2.86. The molecule has 9 heteroatoms. The van der Waals surface area contributed by atoms with Crippen LogP contribution in [0, 0.1) is 17.1 Å². The highest BCUT2D eigenvalue weighted by Gasteiger charge is 2.37. The van der Waals surface area contributed by atoms with Crippen LogP contribution in [-0.4, -0.2) is 48.8 Å². The van der Waals surface area contributed by atoms with Crippen molar-refractivity contribution < 1.29 is 28.3 Å². The molecule has 0 fully saturated rings. The van der Waals surface area contributed by atoms with Crippen LogP contribution in [0.1, 0.15) is 37.5 Å². The first-order valence-corrected chi connectivity index (χ1v) is 8.90. The molecule has 3 amide bonds. The number of rotatable bonds is 6. The molecule has 0 saturated heterocycles. The monoisotopic (exact) mass is 409 g/mol. The Morgan fingerprint density at radius 3 is 2.43 bits per heavy atom. The molecule has 3 rings (SSSR count). The molecule has 2 aromatic rings. The van der Waals surface area contributed by atoms with Crippen molar-refractivity contribution in [1.29, 1.82) is 5.26 Å². The number of likely N-dealkylation sites (N-methyl/N-ethyl adjacent to an activating group) is 1. The second-order valence-corrected chi connectivity index (χ2v) is 6.48. The fraction of sp³-hybridized carbons (Fsp3) is 0.190. The molecular weight excluding hydrogens is 393 g/mol. The summed E-state index contributed by atoms with van der Waals surface area (Å²) in [6.07, 6.45) is 0.154. The summed E-state index contributed by atoms with van der Waals surface area (Å²) in [6, 6.07) is 10.7. The molecule has 0 radical (unpaired) electrons. The van der Waals surface area contributed by atoms with E-state index in [9.17, 15) is 23.6 Å². The van der Waals surface area contributed by atoms with Gasteiger partial charge >= 0.3 is 5.97 Å². The van der Waals surface area contributed by atoms with Crippen molar-refractivity contribution in [3.05, 3.63) is 65.0 Å². The third-order valence-electron chi connectivity index (χ3n) is 4.52. The highest BCUT2D eigenvalue weighted by molar-refractivity contribution is 6.34. The summed E-state index contributed by atoms with van der Waals surface area (Å²) in [5.74, 6) is -3.05. The number of carbonyl (C=O) groups excluding carboxylic acids is 4. The Bertz CT molecular complexity index is 1080. The summed E-state index contributed by atoms with van der Waals surface area (Å²) in [5.41, 5.74) is 0.325. The van der Waals surface area contributed by atoms with Gasteiger partial charge in [0.25, 0.3) is 17.7 Å². The molecule has 1 aliphatic heterocycles. The van der Waals surface area contributed by atoms with Gasteiger partial charge in [-0.2, -0.15) is 5.26 Å². The molecule has 0 saturated carbocycles. The van der Waals surface area contributed by atoms with E-state index in [1.54, 1.807) is 0 Å². The average molecular weight is 409 g/mol. The van der Waals surface area contributed by atoms with Gasteiger partial charge in [-0.25, -0.2) is 14.1 Å². The normalized spacial score (nSPS) is 12.4. The van der Waals surface area contributed by atoms with E-state index in [2.05, 4.69) is 0 Å². The van der Waals surface area contributed by atoms with Crippen LogP contribution in [0.25, 0.3) is 0 Å². The van der Waals surface area contributed by atoms with Gasteiger partial charge in [-0.05, 0) is 42.5 Å². The molecule has 0 N–H and O–H groups in total. The summed E-state index contributed by atoms with van der Waals surface area (Å²) in [4.78, 5) is 51.6. The molecule has 0 atom stereocenters. The van der Waals surface area contributed by atoms with Gasteiger partial charge in [0.05, 0.1) is 34.9 Å². The maximum absolute atomic E-state index is 13.1. The Kier molecular flexibility index (Phi) is 5.88. The van der Waals surface area contributed by atoms with Gasteiger partial charge in [-0.1, -0.05) is 0 Å². The Balaban J connectivity index is 1.73. The average Bonchev–Trinajstić information content (AvgIpc) is 3.00. The molecule has 30 heavy (non-hydrogen) atoms. The summed E-state index contributed by atoms with van der Waals surface area (Å²) in [5, 5.41) is 8.54. The molecular formula is C21H16FN3O5. The zero-order valence-electron chi connectivity index (χ0n) is 15.9. The standard InChI is InChI=1S/C21H16FN3O5/c1-24(10-2-9-23)18(26)12-30-21(29)13-3-8-16-17(11-13)20(28)25(19(16)27)15-6-4-14(22)5-7-15/h3-8,11H,2,10,12H2,1H3. The van der Waals surface area contributed by atoms with Crippen molar-refractivity contribution in [1.82, 2.24) is 4.90 Å². The number of benzene rings is 2. The van der Waals surface area contributed by atoms with Crippen molar-refractivity contribution in [2.24, 2.45) is 0 Å². The number of nitriles is 1. The lowest BCUT2D eigenvalue weighted by Gasteiger charge is -2.15. The van der Waals surface area contributed by atoms with Gasteiger partial charge in [-0.15, -0.1) is 0 Å². The first kappa shape index (κ1) is 20.7. The van der Waals surface area contributed by atoms with E-state index in [1.807, 2.05) is 6.07 Å². The number of amides is 3. The number of anilines is 1. The van der Waals surface area contributed by atoms with Crippen LogP contribution >= 0.6 is 0 Å². The van der Waals surface area contributed by atoms with Crippen LogP contribution in [0.5, 0.6) is 0 Å². The van der Waals surface area contributed by atoms with Crippen molar-refractivity contribution in [3.8, 4) is 6.07 Å². The zero-order valence-corrected chi connectivity index (χ0v) is 15.9. The van der Waals surface area contributed by atoms with Crippen LogP contribution in [0.15, 0.2) is 42.5 Å². The van der Waals surface area contributed by atoms with Crippen molar-refractivity contribution in [2.45, 2.75) is 6.42 Å². The third kappa shape index (κ3) is 4.03. The molecule has 152 valence electrons.